The fourth-order valence-corrected chi connectivity index (χ4v) is 1.97. The summed E-state index contributed by atoms with van der Waals surface area (Å²) < 4.78 is 0. The van der Waals surface area contributed by atoms with Gasteiger partial charge in [0.1, 0.15) is 0 Å². The lowest BCUT2D eigenvalue weighted by atomic mass is 10.1. The van der Waals surface area contributed by atoms with E-state index in [2.05, 4.69) is 29.0 Å². The molecule has 3 rings (SSSR count). The topological polar surface area (TPSA) is 12.9 Å². The number of hydrogen-bond donors (Lipinski definition) is 0. The van der Waals surface area contributed by atoms with Crippen molar-refractivity contribution in [3.05, 3.63) is 77.5 Å². The predicted octanol–water partition coefficient (Wildman–Crippen LogP) is 3.94. The van der Waals surface area contributed by atoms with Gasteiger partial charge in [0.2, 0.25) is 0 Å². The Balaban J connectivity index is 1.99. The van der Waals surface area contributed by atoms with Crippen LogP contribution >= 0.6 is 0 Å². The van der Waals surface area contributed by atoms with E-state index in [4.69, 9.17) is 0 Å². The monoisotopic (exact) mass is 243 g/mol. The Labute approximate surface area is 112 Å². The molecule has 0 saturated carbocycles. The maximum absolute atomic E-state index is 4.49. The molecular formula is C18H13N. The van der Waals surface area contributed by atoms with Crippen LogP contribution in [0.2, 0.25) is 0 Å². The molecule has 0 atom stereocenters. The Hall–Kier alpha value is -2.59. The van der Waals surface area contributed by atoms with Gasteiger partial charge in [0, 0.05) is 22.2 Å². The molecule has 1 heterocycles. The zero-order valence-electron chi connectivity index (χ0n) is 10.7. The standard InChI is InChI=1S/C18H13N/c1-14-7-11-17-13-16(10-12-18(17)19-14)9-8-15-5-3-2-4-6-15/h2-7,10-13H,1H3. The molecule has 0 aliphatic rings. The Bertz CT molecular complexity index is 777. The molecule has 0 saturated heterocycles. The number of benzene rings is 2. The van der Waals surface area contributed by atoms with Gasteiger partial charge in [0.25, 0.3) is 0 Å². The SMILES string of the molecule is Cc1ccc2cc(C#Cc3ccccc3)ccc2n1. The fourth-order valence-electron chi connectivity index (χ4n) is 1.97. The van der Waals surface area contributed by atoms with E-state index in [0.717, 1.165) is 27.7 Å². The summed E-state index contributed by atoms with van der Waals surface area (Å²) in [5.41, 5.74) is 4.10. The first-order valence-electron chi connectivity index (χ1n) is 6.26. The highest BCUT2D eigenvalue weighted by Crippen LogP contribution is 2.14. The zero-order valence-corrected chi connectivity index (χ0v) is 10.7. The maximum atomic E-state index is 4.49. The molecule has 0 fully saturated rings. The zero-order chi connectivity index (χ0) is 13.1. The first kappa shape index (κ1) is 11.5. The van der Waals surface area contributed by atoms with Gasteiger partial charge >= 0.3 is 0 Å². The van der Waals surface area contributed by atoms with E-state index in [-0.39, 0.29) is 0 Å². The van der Waals surface area contributed by atoms with Gasteiger partial charge in [-0.15, -0.1) is 0 Å². The number of rotatable bonds is 0. The summed E-state index contributed by atoms with van der Waals surface area (Å²) in [6.45, 7) is 2.00. The van der Waals surface area contributed by atoms with Crippen LogP contribution in [0.3, 0.4) is 0 Å². The fraction of sp³-hybridized carbons (Fsp3) is 0.0556. The van der Waals surface area contributed by atoms with Crippen molar-refractivity contribution in [2.45, 2.75) is 6.92 Å². The van der Waals surface area contributed by atoms with Crippen molar-refractivity contribution in [3.8, 4) is 11.8 Å². The predicted molar refractivity (Wildman–Crippen MR) is 78.9 cm³/mol. The van der Waals surface area contributed by atoms with E-state index in [9.17, 15) is 0 Å². The van der Waals surface area contributed by atoms with Gasteiger partial charge < -0.3 is 0 Å². The molecule has 0 N–H and O–H groups in total. The molecule has 1 heteroatoms. The molecule has 1 nitrogen and oxygen atoms in total. The number of hydrogen-bond acceptors (Lipinski definition) is 1. The Kier molecular flexibility index (Phi) is 3.00. The second kappa shape index (κ2) is 4.96. The summed E-state index contributed by atoms with van der Waals surface area (Å²) in [6.07, 6.45) is 0. The number of fused-ring (bicyclic) bond motifs is 1. The molecule has 0 spiro atoms. The van der Waals surface area contributed by atoms with E-state index in [0.29, 0.717) is 0 Å². The lowest BCUT2D eigenvalue weighted by Gasteiger charge is -1.99. The van der Waals surface area contributed by atoms with Gasteiger partial charge in [-0.25, -0.2) is 0 Å². The second-order valence-electron chi connectivity index (χ2n) is 4.48. The first-order valence-corrected chi connectivity index (χ1v) is 6.26. The van der Waals surface area contributed by atoms with Crippen LogP contribution in [0.15, 0.2) is 60.7 Å². The molecule has 0 aliphatic carbocycles. The van der Waals surface area contributed by atoms with E-state index in [1.54, 1.807) is 0 Å². The van der Waals surface area contributed by atoms with Crippen molar-refractivity contribution < 1.29 is 0 Å². The van der Waals surface area contributed by atoms with E-state index in [1.165, 1.54) is 0 Å². The molecular weight excluding hydrogens is 230 g/mol. The molecule has 0 unspecified atom stereocenters. The van der Waals surface area contributed by atoms with Crippen molar-refractivity contribution >= 4 is 10.9 Å². The largest absolute Gasteiger partial charge is 0.253 e. The third kappa shape index (κ3) is 2.64. The van der Waals surface area contributed by atoms with Crippen molar-refractivity contribution in [2.24, 2.45) is 0 Å². The smallest absolute Gasteiger partial charge is 0.0706 e. The molecule has 90 valence electrons. The van der Waals surface area contributed by atoms with Crippen LogP contribution in [0.4, 0.5) is 0 Å². The number of aryl methyl sites for hydroxylation is 1. The second-order valence-corrected chi connectivity index (χ2v) is 4.48. The summed E-state index contributed by atoms with van der Waals surface area (Å²) in [5.74, 6) is 6.36. The summed E-state index contributed by atoms with van der Waals surface area (Å²) in [4.78, 5) is 4.49. The number of nitrogens with zero attached hydrogens (tertiary/aromatic N) is 1. The van der Waals surface area contributed by atoms with E-state index >= 15 is 0 Å². The van der Waals surface area contributed by atoms with E-state index in [1.807, 2.05) is 55.5 Å². The third-order valence-corrected chi connectivity index (χ3v) is 2.95. The summed E-state index contributed by atoms with van der Waals surface area (Å²) >= 11 is 0. The molecule has 0 amide bonds. The van der Waals surface area contributed by atoms with Crippen LogP contribution in [-0.2, 0) is 0 Å². The van der Waals surface area contributed by atoms with Crippen molar-refractivity contribution in [1.29, 1.82) is 0 Å². The normalized spacial score (nSPS) is 9.95. The van der Waals surface area contributed by atoms with Crippen LogP contribution in [0.25, 0.3) is 10.9 Å². The summed E-state index contributed by atoms with van der Waals surface area (Å²) in [6, 6.07) is 20.3. The minimum absolute atomic E-state index is 1.02. The highest BCUT2D eigenvalue weighted by Gasteiger charge is 1.96. The molecule has 0 radical (unpaired) electrons. The summed E-state index contributed by atoms with van der Waals surface area (Å²) in [7, 11) is 0. The lowest BCUT2D eigenvalue weighted by Crippen LogP contribution is -1.84. The molecule has 0 bridgehead atoms. The van der Waals surface area contributed by atoms with Gasteiger partial charge in [-0.2, -0.15) is 0 Å². The lowest BCUT2D eigenvalue weighted by molar-refractivity contribution is 1.25. The Morgan fingerprint density at radius 1 is 0.789 bits per heavy atom. The average Bonchev–Trinajstić information content (AvgIpc) is 2.46. The molecule has 2 aromatic carbocycles. The first-order chi connectivity index (χ1) is 9.31. The van der Waals surface area contributed by atoms with Crippen molar-refractivity contribution in [2.75, 3.05) is 0 Å². The maximum Gasteiger partial charge on any atom is 0.0706 e. The van der Waals surface area contributed by atoms with Crippen LogP contribution in [0, 0.1) is 18.8 Å². The van der Waals surface area contributed by atoms with Crippen molar-refractivity contribution in [1.82, 2.24) is 4.98 Å². The summed E-state index contributed by atoms with van der Waals surface area (Å²) in [5, 5.41) is 1.13. The van der Waals surface area contributed by atoms with E-state index < -0.39 is 0 Å². The van der Waals surface area contributed by atoms with Crippen LogP contribution in [-0.4, -0.2) is 4.98 Å². The molecule has 1 aromatic heterocycles. The molecule has 0 aliphatic heterocycles. The molecule has 19 heavy (non-hydrogen) atoms. The quantitative estimate of drug-likeness (QED) is 0.545. The van der Waals surface area contributed by atoms with Crippen LogP contribution < -0.4 is 0 Å². The van der Waals surface area contributed by atoms with Gasteiger partial charge in [-0.05, 0) is 43.3 Å². The highest BCUT2D eigenvalue weighted by molar-refractivity contribution is 5.80. The van der Waals surface area contributed by atoms with Crippen LogP contribution in [0.5, 0.6) is 0 Å². The third-order valence-electron chi connectivity index (χ3n) is 2.95. The number of pyridine rings is 1. The highest BCUT2D eigenvalue weighted by atomic mass is 14.7. The number of aromatic nitrogens is 1. The van der Waals surface area contributed by atoms with Crippen molar-refractivity contribution in [3.63, 3.8) is 0 Å². The van der Waals surface area contributed by atoms with Crippen LogP contribution in [0.1, 0.15) is 16.8 Å². The average molecular weight is 243 g/mol. The minimum Gasteiger partial charge on any atom is -0.253 e. The van der Waals surface area contributed by atoms with Gasteiger partial charge in [-0.3, -0.25) is 4.98 Å². The minimum atomic E-state index is 1.02. The Morgan fingerprint density at radius 2 is 1.58 bits per heavy atom. The van der Waals surface area contributed by atoms with Gasteiger partial charge in [0.15, 0.2) is 0 Å². The van der Waals surface area contributed by atoms with Gasteiger partial charge in [-0.1, -0.05) is 36.1 Å². The van der Waals surface area contributed by atoms with Gasteiger partial charge in [0.05, 0.1) is 5.52 Å². The Morgan fingerprint density at radius 3 is 2.42 bits per heavy atom. The molecule has 3 aromatic rings.